The van der Waals surface area contributed by atoms with Gasteiger partial charge in [0.15, 0.2) is 0 Å². The third-order valence-corrected chi connectivity index (χ3v) is 1.90. The molecule has 0 aromatic heterocycles. The summed E-state index contributed by atoms with van der Waals surface area (Å²) in [7, 11) is 0. The first-order valence-electron chi connectivity index (χ1n) is 4.62. The van der Waals surface area contributed by atoms with Crippen LogP contribution in [-0.4, -0.2) is 5.97 Å². The average Bonchev–Trinajstić information content (AvgIpc) is 2.25. The van der Waals surface area contributed by atoms with Crippen molar-refractivity contribution in [2.24, 2.45) is 0 Å². The summed E-state index contributed by atoms with van der Waals surface area (Å²) in [6.45, 7) is 2.11. The van der Waals surface area contributed by atoms with Crippen molar-refractivity contribution in [3.05, 3.63) is 34.9 Å². The first kappa shape index (κ1) is 11.6. The first-order chi connectivity index (χ1) is 7.22. The molecule has 0 amide bonds. The van der Waals surface area contributed by atoms with E-state index in [1.807, 2.05) is 19.1 Å². The topological polar surface area (TPSA) is 26.3 Å². The lowest BCUT2D eigenvalue weighted by molar-refractivity contribution is -0.137. The minimum atomic E-state index is -0.494. The van der Waals surface area contributed by atoms with Gasteiger partial charge in [-0.1, -0.05) is 36.6 Å². The van der Waals surface area contributed by atoms with Crippen molar-refractivity contribution in [2.75, 3.05) is 0 Å². The molecule has 0 spiro atoms. The van der Waals surface area contributed by atoms with Crippen LogP contribution >= 0.6 is 11.6 Å². The molecule has 3 heteroatoms. The highest BCUT2D eigenvalue weighted by Gasteiger charge is 1.98. The zero-order chi connectivity index (χ0) is 11.1. The molecule has 0 N–H and O–H groups in total. The molecule has 0 radical (unpaired) electrons. The monoisotopic (exact) mass is 222 g/mol. The van der Waals surface area contributed by atoms with Gasteiger partial charge < -0.3 is 4.74 Å². The quantitative estimate of drug-likeness (QED) is 0.437. The van der Waals surface area contributed by atoms with E-state index in [0.717, 1.165) is 5.56 Å². The average molecular weight is 223 g/mol. The van der Waals surface area contributed by atoms with E-state index in [1.165, 1.54) is 0 Å². The maximum atomic E-state index is 11.0. The summed E-state index contributed by atoms with van der Waals surface area (Å²) in [4.78, 5) is 11.0. The SMILES string of the molecule is CCC#CC(=O)OCc1ccc(Cl)cc1. The van der Waals surface area contributed by atoms with Gasteiger partial charge >= 0.3 is 5.97 Å². The van der Waals surface area contributed by atoms with Crippen molar-refractivity contribution in [1.29, 1.82) is 0 Å². The molecule has 78 valence electrons. The Kier molecular flexibility index (Phi) is 4.73. The lowest BCUT2D eigenvalue weighted by Crippen LogP contribution is -2.01. The van der Waals surface area contributed by atoms with E-state index < -0.39 is 5.97 Å². The molecule has 0 heterocycles. The van der Waals surface area contributed by atoms with E-state index in [9.17, 15) is 4.79 Å². The van der Waals surface area contributed by atoms with Gasteiger partial charge in [0.1, 0.15) is 6.61 Å². The molecule has 2 nitrogen and oxygen atoms in total. The molecule has 0 bridgehead atoms. The van der Waals surface area contributed by atoms with Gasteiger partial charge in [0.05, 0.1) is 0 Å². The molecule has 0 saturated heterocycles. The Hall–Kier alpha value is -1.46. The number of hydrogen-bond acceptors (Lipinski definition) is 2. The third-order valence-electron chi connectivity index (χ3n) is 1.65. The zero-order valence-electron chi connectivity index (χ0n) is 8.42. The molecule has 0 aliphatic heterocycles. The highest BCUT2D eigenvalue weighted by atomic mass is 35.5. The van der Waals surface area contributed by atoms with Crippen LogP contribution in [0, 0.1) is 11.8 Å². The van der Waals surface area contributed by atoms with E-state index in [-0.39, 0.29) is 6.61 Å². The summed E-state index contributed by atoms with van der Waals surface area (Å²) >= 11 is 5.71. The summed E-state index contributed by atoms with van der Waals surface area (Å²) in [5.74, 6) is 4.53. The predicted molar refractivity (Wildman–Crippen MR) is 59.3 cm³/mol. The maximum Gasteiger partial charge on any atom is 0.384 e. The van der Waals surface area contributed by atoms with E-state index in [0.29, 0.717) is 11.4 Å². The van der Waals surface area contributed by atoms with Crippen LogP contribution in [-0.2, 0) is 16.1 Å². The Morgan fingerprint density at radius 3 is 2.67 bits per heavy atom. The fourth-order valence-electron chi connectivity index (χ4n) is 0.926. The molecule has 0 aliphatic carbocycles. The van der Waals surface area contributed by atoms with Gasteiger partial charge in [-0.3, -0.25) is 0 Å². The summed E-state index contributed by atoms with van der Waals surface area (Å²) in [6, 6.07) is 7.12. The molecular formula is C12H11ClO2. The number of carbonyl (C=O) groups is 1. The number of esters is 1. The van der Waals surface area contributed by atoms with Crippen molar-refractivity contribution in [2.45, 2.75) is 20.0 Å². The van der Waals surface area contributed by atoms with E-state index in [4.69, 9.17) is 16.3 Å². The molecule has 0 unspecified atom stereocenters. The van der Waals surface area contributed by atoms with Crippen molar-refractivity contribution < 1.29 is 9.53 Å². The summed E-state index contributed by atoms with van der Waals surface area (Å²) in [6.07, 6.45) is 0.649. The van der Waals surface area contributed by atoms with Gasteiger partial charge in [0.25, 0.3) is 0 Å². The fourth-order valence-corrected chi connectivity index (χ4v) is 1.05. The Balaban J connectivity index is 2.43. The van der Waals surface area contributed by atoms with Crippen LogP contribution in [0.2, 0.25) is 5.02 Å². The molecule has 0 atom stereocenters. The van der Waals surface area contributed by atoms with Gasteiger partial charge in [-0.05, 0) is 17.7 Å². The molecule has 15 heavy (non-hydrogen) atoms. The normalized spacial score (nSPS) is 8.93. The van der Waals surface area contributed by atoms with Crippen LogP contribution in [0.4, 0.5) is 0 Å². The lowest BCUT2D eigenvalue weighted by atomic mass is 10.2. The molecule has 0 saturated carbocycles. The number of carbonyl (C=O) groups excluding carboxylic acids is 1. The Morgan fingerprint density at radius 1 is 1.40 bits per heavy atom. The largest absolute Gasteiger partial charge is 0.451 e. The smallest absolute Gasteiger partial charge is 0.384 e. The molecule has 1 rings (SSSR count). The first-order valence-corrected chi connectivity index (χ1v) is 5.00. The summed E-state index contributed by atoms with van der Waals surface area (Å²) in [5.41, 5.74) is 0.894. The molecule has 0 aliphatic rings. The van der Waals surface area contributed by atoms with Gasteiger partial charge in [-0.2, -0.15) is 0 Å². The zero-order valence-corrected chi connectivity index (χ0v) is 9.17. The highest BCUT2D eigenvalue weighted by Crippen LogP contribution is 2.10. The maximum absolute atomic E-state index is 11.0. The molecule has 0 fully saturated rings. The third kappa shape index (κ3) is 4.53. The lowest BCUT2D eigenvalue weighted by Gasteiger charge is -2.00. The Bertz CT molecular complexity index is 384. The number of hydrogen-bond donors (Lipinski definition) is 0. The van der Waals surface area contributed by atoms with Gasteiger partial charge in [0, 0.05) is 17.4 Å². The highest BCUT2D eigenvalue weighted by molar-refractivity contribution is 6.30. The van der Waals surface area contributed by atoms with Gasteiger partial charge in [-0.15, -0.1) is 0 Å². The second-order valence-corrected chi connectivity index (χ2v) is 3.29. The van der Waals surface area contributed by atoms with Crippen LogP contribution in [0.3, 0.4) is 0 Å². The summed E-state index contributed by atoms with van der Waals surface area (Å²) < 4.78 is 4.91. The van der Waals surface area contributed by atoms with Crippen LogP contribution in [0.5, 0.6) is 0 Å². The summed E-state index contributed by atoms with van der Waals surface area (Å²) in [5, 5.41) is 0.663. The number of rotatable bonds is 2. The van der Waals surface area contributed by atoms with Crippen LogP contribution in [0.15, 0.2) is 24.3 Å². The second-order valence-electron chi connectivity index (χ2n) is 2.86. The second kappa shape index (κ2) is 6.10. The van der Waals surface area contributed by atoms with E-state index in [1.54, 1.807) is 12.1 Å². The van der Waals surface area contributed by atoms with Crippen molar-refractivity contribution >= 4 is 17.6 Å². The van der Waals surface area contributed by atoms with Crippen LogP contribution in [0.25, 0.3) is 0 Å². The number of halogens is 1. The standard InChI is InChI=1S/C12H11ClO2/c1-2-3-4-12(14)15-9-10-5-7-11(13)8-6-10/h5-8H,2,9H2,1H3. The molecule has 1 aromatic carbocycles. The molecule has 1 aromatic rings. The minimum Gasteiger partial charge on any atom is -0.451 e. The van der Waals surface area contributed by atoms with E-state index in [2.05, 4.69) is 11.8 Å². The Morgan fingerprint density at radius 2 is 2.07 bits per heavy atom. The van der Waals surface area contributed by atoms with Crippen LogP contribution < -0.4 is 0 Å². The number of benzene rings is 1. The molecular weight excluding hydrogens is 212 g/mol. The predicted octanol–water partition coefficient (Wildman–Crippen LogP) is 2.80. The van der Waals surface area contributed by atoms with Crippen molar-refractivity contribution in [3.63, 3.8) is 0 Å². The van der Waals surface area contributed by atoms with Crippen molar-refractivity contribution in [3.8, 4) is 11.8 Å². The van der Waals surface area contributed by atoms with Gasteiger partial charge in [-0.25, -0.2) is 4.79 Å². The van der Waals surface area contributed by atoms with Crippen LogP contribution in [0.1, 0.15) is 18.9 Å². The number of ether oxygens (including phenoxy) is 1. The fraction of sp³-hybridized carbons (Fsp3) is 0.250. The van der Waals surface area contributed by atoms with Crippen molar-refractivity contribution in [1.82, 2.24) is 0 Å². The van der Waals surface area contributed by atoms with E-state index >= 15 is 0 Å². The Labute approximate surface area is 94.2 Å². The van der Waals surface area contributed by atoms with Gasteiger partial charge in [0.2, 0.25) is 0 Å². The minimum absolute atomic E-state index is 0.231.